The van der Waals surface area contributed by atoms with E-state index in [1.54, 1.807) is 13.8 Å². The van der Waals surface area contributed by atoms with Crippen molar-refractivity contribution < 1.29 is 37.0 Å². The fourth-order valence-electron chi connectivity index (χ4n) is 4.42. The number of carbonyl (C=O) groups excluding carboxylic acids is 3. The van der Waals surface area contributed by atoms with Gasteiger partial charge in [0.1, 0.15) is 5.92 Å². The molecule has 1 aromatic rings. The number of halogens is 3. The van der Waals surface area contributed by atoms with E-state index in [9.17, 15) is 27.6 Å². The molecule has 0 saturated carbocycles. The molecular weight excluding hydrogens is 439 g/mol. The maximum absolute atomic E-state index is 13.5. The van der Waals surface area contributed by atoms with Gasteiger partial charge in [-0.05, 0) is 43.4 Å². The molecule has 0 amide bonds. The molecule has 0 spiro atoms. The number of Topliss-reactive ketones (excluding diaryl/α,β-unsaturated/α-hetero) is 1. The number of allylic oxidation sites excluding steroid dienone is 3. The zero-order valence-corrected chi connectivity index (χ0v) is 18.8. The summed E-state index contributed by atoms with van der Waals surface area (Å²) in [5.74, 6) is -4.27. The first-order valence-corrected chi connectivity index (χ1v) is 10.7. The van der Waals surface area contributed by atoms with Gasteiger partial charge in [0.25, 0.3) is 0 Å². The predicted octanol–water partition coefficient (Wildman–Crippen LogP) is 4.27. The highest BCUT2D eigenvalue weighted by Crippen LogP contribution is 2.45. The Morgan fingerprint density at radius 2 is 1.82 bits per heavy atom. The van der Waals surface area contributed by atoms with Crippen LogP contribution in [0.15, 0.2) is 46.8 Å². The third-order valence-corrected chi connectivity index (χ3v) is 5.97. The lowest BCUT2D eigenvalue weighted by atomic mass is 9.69. The van der Waals surface area contributed by atoms with Crippen molar-refractivity contribution in [1.29, 1.82) is 0 Å². The third-order valence-electron chi connectivity index (χ3n) is 5.97. The van der Waals surface area contributed by atoms with E-state index in [1.807, 2.05) is 6.92 Å². The molecule has 0 unspecified atom stereocenters. The molecule has 0 bridgehead atoms. The molecule has 1 aliphatic carbocycles. The number of ether oxygens (including phenoxy) is 2. The van der Waals surface area contributed by atoms with Crippen LogP contribution in [0.2, 0.25) is 0 Å². The van der Waals surface area contributed by atoms with Gasteiger partial charge in [-0.2, -0.15) is 13.2 Å². The van der Waals surface area contributed by atoms with Crippen LogP contribution >= 0.6 is 0 Å². The van der Waals surface area contributed by atoms with Crippen LogP contribution in [-0.2, 0) is 30.0 Å². The third kappa shape index (κ3) is 4.67. The van der Waals surface area contributed by atoms with Crippen LogP contribution in [0.5, 0.6) is 0 Å². The van der Waals surface area contributed by atoms with Crippen LogP contribution in [0.4, 0.5) is 13.2 Å². The number of dihydropyridines is 1. The number of methoxy groups -OCH3 is 1. The minimum Gasteiger partial charge on any atom is -0.468 e. The van der Waals surface area contributed by atoms with Crippen molar-refractivity contribution in [3.8, 4) is 0 Å². The van der Waals surface area contributed by atoms with E-state index in [2.05, 4.69) is 5.32 Å². The zero-order valence-electron chi connectivity index (χ0n) is 18.8. The van der Waals surface area contributed by atoms with Gasteiger partial charge in [-0.25, -0.2) is 4.79 Å². The number of benzene rings is 1. The van der Waals surface area contributed by atoms with Gasteiger partial charge in [0.15, 0.2) is 5.78 Å². The Hall–Kier alpha value is -3.10. The van der Waals surface area contributed by atoms with Crippen molar-refractivity contribution in [3.63, 3.8) is 0 Å². The molecule has 33 heavy (non-hydrogen) atoms. The summed E-state index contributed by atoms with van der Waals surface area (Å²) in [6, 6.07) is 4.33. The number of nitrogens with one attached hydrogen (secondary N) is 1. The second kappa shape index (κ2) is 9.41. The number of ketones is 1. The first kappa shape index (κ1) is 24.5. The van der Waals surface area contributed by atoms with Gasteiger partial charge >= 0.3 is 18.1 Å². The van der Waals surface area contributed by atoms with Crippen LogP contribution in [0, 0.1) is 11.8 Å². The van der Waals surface area contributed by atoms with Crippen LogP contribution in [0.25, 0.3) is 0 Å². The summed E-state index contributed by atoms with van der Waals surface area (Å²) < 4.78 is 49.5. The molecule has 1 N–H and O–H groups in total. The molecule has 0 radical (unpaired) electrons. The number of hydrogen-bond donors (Lipinski definition) is 1. The van der Waals surface area contributed by atoms with E-state index in [4.69, 9.17) is 9.47 Å². The molecule has 2 aliphatic rings. The van der Waals surface area contributed by atoms with E-state index in [1.165, 1.54) is 19.2 Å². The van der Waals surface area contributed by atoms with Crippen molar-refractivity contribution >= 4 is 17.7 Å². The Morgan fingerprint density at radius 3 is 2.36 bits per heavy atom. The number of carbonyl (C=O) groups is 3. The van der Waals surface area contributed by atoms with E-state index >= 15 is 0 Å². The smallest absolute Gasteiger partial charge is 0.416 e. The normalized spacial score (nSPS) is 23.1. The van der Waals surface area contributed by atoms with Crippen molar-refractivity contribution in [1.82, 2.24) is 5.32 Å². The Bertz CT molecular complexity index is 1020. The summed E-state index contributed by atoms with van der Waals surface area (Å²) in [6.07, 6.45) is -3.62. The second-order valence-electron chi connectivity index (χ2n) is 8.29. The zero-order chi connectivity index (χ0) is 24.5. The summed E-state index contributed by atoms with van der Waals surface area (Å²) in [5, 5.41) is 3.10. The van der Waals surface area contributed by atoms with Crippen molar-refractivity contribution in [2.24, 2.45) is 11.8 Å². The Labute approximate surface area is 189 Å². The van der Waals surface area contributed by atoms with Gasteiger partial charge in [-0.15, -0.1) is 0 Å². The molecule has 1 aliphatic heterocycles. The largest absolute Gasteiger partial charge is 0.468 e. The molecule has 6 nitrogen and oxygen atoms in total. The maximum atomic E-state index is 13.5. The van der Waals surface area contributed by atoms with E-state index in [0.717, 1.165) is 12.1 Å². The number of esters is 2. The average Bonchev–Trinajstić information content (AvgIpc) is 2.75. The van der Waals surface area contributed by atoms with Gasteiger partial charge in [-0.3, -0.25) is 9.59 Å². The average molecular weight is 465 g/mol. The lowest BCUT2D eigenvalue weighted by molar-refractivity contribution is -0.151. The molecular formula is C24H26F3NO5. The highest BCUT2D eigenvalue weighted by Gasteiger charge is 2.47. The Kier molecular flexibility index (Phi) is 7.00. The minimum absolute atomic E-state index is 0.133. The lowest BCUT2D eigenvalue weighted by Gasteiger charge is -2.38. The van der Waals surface area contributed by atoms with Gasteiger partial charge in [0.2, 0.25) is 0 Å². The first-order chi connectivity index (χ1) is 15.5. The molecule has 1 heterocycles. The van der Waals surface area contributed by atoms with Gasteiger partial charge in [0, 0.05) is 22.9 Å². The van der Waals surface area contributed by atoms with Crippen LogP contribution in [0.1, 0.15) is 50.7 Å². The van der Waals surface area contributed by atoms with E-state index in [-0.39, 0.29) is 23.7 Å². The highest BCUT2D eigenvalue weighted by molar-refractivity contribution is 6.12. The van der Waals surface area contributed by atoms with Crippen molar-refractivity contribution in [2.75, 3.05) is 13.7 Å². The summed E-state index contributed by atoms with van der Waals surface area (Å²) in [4.78, 5) is 38.9. The molecule has 0 saturated heterocycles. The second-order valence-corrected chi connectivity index (χ2v) is 8.29. The van der Waals surface area contributed by atoms with E-state index < -0.39 is 41.3 Å². The summed E-state index contributed by atoms with van der Waals surface area (Å²) in [5.41, 5.74) is 0.789. The Balaban J connectivity index is 2.16. The molecule has 0 aromatic heterocycles. The van der Waals surface area contributed by atoms with E-state index in [0.29, 0.717) is 29.8 Å². The SMILES string of the molecule is CCCOC(=O)C1=C(C)NC2=C(C(=O)[C@H](C(=O)OC)[C@H](C)C2)[C@H]1c1ccc(C(F)(F)F)cc1. The summed E-state index contributed by atoms with van der Waals surface area (Å²) in [6.45, 7) is 5.39. The maximum Gasteiger partial charge on any atom is 0.416 e. The quantitative estimate of drug-likeness (QED) is 0.517. The first-order valence-electron chi connectivity index (χ1n) is 10.7. The molecule has 1 aromatic carbocycles. The predicted molar refractivity (Wildman–Crippen MR) is 113 cm³/mol. The Morgan fingerprint density at radius 1 is 1.18 bits per heavy atom. The van der Waals surface area contributed by atoms with Gasteiger partial charge < -0.3 is 14.8 Å². The van der Waals surface area contributed by atoms with Crippen LogP contribution < -0.4 is 5.32 Å². The monoisotopic (exact) mass is 465 g/mol. The highest BCUT2D eigenvalue weighted by atomic mass is 19.4. The fraction of sp³-hybridized carbons (Fsp3) is 0.458. The molecule has 178 valence electrons. The number of rotatable bonds is 5. The molecule has 0 fully saturated rings. The van der Waals surface area contributed by atoms with Crippen molar-refractivity contribution in [2.45, 2.75) is 45.7 Å². The molecule has 3 rings (SSSR count). The van der Waals surface area contributed by atoms with Crippen LogP contribution in [-0.4, -0.2) is 31.4 Å². The summed E-state index contributed by atoms with van der Waals surface area (Å²) >= 11 is 0. The van der Waals surface area contributed by atoms with Gasteiger partial charge in [-0.1, -0.05) is 26.0 Å². The molecule has 9 heteroatoms. The number of hydrogen-bond acceptors (Lipinski definition) is 6. The lowest BCUT2D eigenvalue weighted by Crippen LogP contribution is -2.43. The fourth-order valence-corrected chi connectivity index (χ4v) is 4.42. The minimum atomic E-state index is -4.53. The number of alkyl halides is 3. The topological polar surface area (TPSA) is 81.7 Å². The molecule has 3 atom stereocenters. The van der Waals surface area contributed by atoms with Crippen molar-refractivity contribution in [3.05, 3.63) is 57.9 Å². The van der Waals surface area contributed by atoms with Crippen LogP contribution in [0.3, 0.4) is 0 Å². The van der Waals surface area contributed by atoms with Gasteiger partial charge in [0.05, 0.1) is 24.9 Å². The standard InChI is InChI=1S/C24H26F3NO5/c1-5-10-33-23(31)18-13(3)28-16-11-12(2)17(22(30)32-4)21(29)20(16)19(18)14-6-8-15(9-7-14)24(25,26)27/h6-9,12,17,19,28H,5,10-11H2,1-4H3/t12-,17-,19+/m1/s1. The summed E-state index contributed by atoms with van der Waals surface area (Å²) in [7, 11) is 1.19.